The number of hydrogen-bond acceptors (Lipinski definition) is 5. The summed E-state index contributed by atoms with van der Waals surface area (Å²) in [6, 6.07) is 4.18. The van der Waals surface area contributed by atoms with Crippen LogP contribution in [-0.2, 0) is 4.79 Å². The minimum Gasteiger partial charge on any atom is -0.348 e. The number of piperidine rings is 1. The number of aromatic nitrogens is 3. The van der Waals surface area contributed by atoms with Gasteiger partial charge in [-0.05, 0) is 64.0 Å². The fourth-order valence-corrected chi connectivity index (χ4v) is 7.54. The highest BCUT2D eigenvalue weighted by atomic mass is 32.1. The fraction of sp³-hybridized carbons (Fsp3) is 0.741. The molecule has 1 N–H and O–H groups in total. The number of carbonyl (C=O) groups excluding carboxylic acids is 1. The molecule has 6 nitrogen and oxygen atoms in total. The highest BCUT2D eigenvalue weighted by Gasteiger charge is 2.43. The maximum atomic E-state index is 13.9. The zero-order valence-corrected chi connectivity index (χ0v) is 22.7. The normalized spacial score (nSPS) is 27.1. The first kappa shape index (κ1) is 26.7. The molecule has 2 aromatic rings. The summed E-state index contributed by atoms with van der Waals surface area (Å²) in [6.07, 6.45) is 4.99. The molecule has 2 bridgehead atoms. The molecule has 0 aromatic carbocycles. The van der Waals surface area contributed by atoms with Crippen molar-refractivity contribution in [1.29, 1.82) is 0 Å². The van der Waals surface area contributed by atoms with Crippen LogP contribution in [0, 0.1) is 18.0 Å². The van der Waals surface area contributed by atoms with E-state index in [1.165, 1.54) is 6.07 Å². The minimum atomic E-state index is -2.67. The molecule has 0 spiro atoms. The predicted molar refractivity (Wildman–Crippen MR) is 137 cm³/mol. The van der Waals surface area contributed by atoms with Crippen molar-refractivity contribution in [2.45, 2.75) is 115 Å². The highest BCUT2D eigenvalue weighted by molar-refractivity contribution is 7.10. The average Bonchev–Trinajstić information content (AvgIpc) is 3.51. The molecule has 1 unspecified atom stereocenters. The van der Waals surface area contributed by atoms with Crippen LogP contribution in [-0.4, -0.2) is 50.1 Å². The van der Waals surface area contributed by atoms with Crippen LogP contribution < -0.4 is 5.32 Å². The third-order valence-electron chi connectivity index (χ3n) is 8.65. The molecule has 3 aliphatic rings. The standard InChI is InChI=1S/C27H38F3N5OS/c1-16(2)25-33-32-17(3)35(25)21-14-19-4-5-20(15-21)34(19)13-10-22(23-6-7-24(28)37-23)31-26(36)18-8-11-27(29,30)12-9-18/h6-7,16,18-22H,4-5,8-15H2,1-3H3,(H,31,36)/t19-,20+,21?,22-/m0/s1. The molecular weight excluding hydrogens is 499 g/mol. The number of carbonyl (C=O) groups is 1. The van der Waals surface area contributed by atoms with Crippen LogP contribution in [0.2, 0.25) is 0 Å². The molecule has 2 aliphatic heterocycles. The Morgan fingerprint density at radius 3 is 2.38 bits per heavy atom. The van der Waals surface area contributed by atoms with Crippen LogP contribution in [0.4, 0.5) is 13.2 Å². The molecule has 204 valence electrons. The first-order valence-electron chi connectivity index (χ1n) is 13.7. The van der Waals surface area contributed by atoms with Gasteiger partial charge in [0.15, 0.2) is 5.13 Å². The van der Waals surface area contributed by atoms with Gasteiger partial charge in [0, 0.05) is 54.2 Å². The van der Waals surface area contributed by atoms with E-state index in [4.69, 9.17) is 0 Å². The number of nitrogens with zero attached hydrogens (tertiary/aromatic N) is 4. The van der Waals surface area contributed by atoms with Gasteiger partial charge in [0.2, 0.25) is 11.8 Å². The number of rotatable bonds is 8. The maximum Gasteiger partial charge on any atom is 0.248 e. The van der Waals surface area contributed by atoms with Crippen molar-refractivity contribution in [3.05, 3.63) is 33.8 Å². The second-order valence-electron chi connectivity index (χ2n) is 11.5. The Labute approximate surface area is 221 Å². The van der Waals surface area contributed by atoms with Gasteiger partial charge in [0.25, 0.3) is 0 Å². The number of thiophene rings is 1. The molecule has 1 aliphatic carbocycles. The van der Waals surface area contributed by atoms with Crippen LogP contribution in [0.3, 0.4) is 0 Å². The van der Waals surface area contributed by atoms with E-state index in [1.54, 1.807) is 6.07 Å². The third-order valence-corrected chi connectivity index (χ3v) is 9.64. The lowest BCUT2D eigenvalue weighted by molar-refractivity contribution is -0.130. The lowest BCUT2D eigenvalue weighted by Crippen LogP contribution is -2.45. The van der Waals surface area contributed by atoms with Crippen LogP contribution >= 0.6 is 11.3 Å². The van der Waals surface area contributed by atoms with Gasteiger partial charge in [-0.25, -0.2) is 8.78 Å². The topological polar surface area (TPSA) is 63.1 Å². The monoisotopic (exact) mass is 537 g/mol. The lowest BCUT2D eigenvalue weighted by atomic mass is 9.86. The van der Waals surface area contributed by atoms with E-state index in [1.807, 2.05) is 6.92 Å². The first-order valence-corrected chi connectivity index (χ1v) is 14.5. The average molecular weight is 538 g/mol. The van der Waals surface area contributed by atoms with Crippen molar-refractivity contribution in [1.82, 2.24) is 25.0 Å². The summed E-state index contributed by atoms with van der Waals surface area (Å²) in [4.78, 5) is 16.4. The van der Waals surface area contributed by atoms with Crippen molar-refractivity contribution in [3.63, 3.8) is 0 Å². The number of amides is 1. The van der Waals surface area contributed by atoms with Crippen molar-refractivity contribution in [2.75, 3.05) is 6.54 Å². The van der Waals surface area contributed by atoms with E-state index in [0.29, 0.717) is 30.5 Å². The summed E-state index contributed by atoms with van der Waals surface area (Å²) < 4.78 is 43.4. The van der Waals surface area contributed by atoms with Crippen molar-refractivity contribution in [2.24, 2.45) is 5.92 Å². The Morgan fingerprint density at radius 2 is 1.78 bits per heavy atom. The molecule has 3 fully saturated rings. The largest absolute Gasteiger partial charge is 0.348 e. The van der Waals surface area contributed by atoms with E-state index in [-0.39, 0.29) is 42.8 Å². The van der Waals surface area contributed by atoms with E-state index in [2.05, 4.69) is 38.8 Å². The molecule has 4 atom stereocenters. The number of alkyl halides is 2. The number of fused-ring (bicyclic) bond motifs is 2. The molecule has 2 saturated heterocycles. The summed E-state index contributed by atoms with van der Waals surface area (Å²) >= 11 is 1.06. The molecule has 10 heteroatoms. The van der Waals surface area contributed by atoms with Gasteiger partial charge >= 0.3 is 0 Å². The Hall–Kier alpha value is -1.94. The predicted octanol–water partition coefficient (Wildman–Crippen LogP) is 6.15. The van der Waals surface area contributed by atoms with Gasteiger partial charge in [-0.1, -0.05) is 13.8 Å². The Bertz CT molecular complexity index is 1080. The zero-order chi connectivity index (χ0) is 26.3. The van der Waals surface area contributed by atoms with Crippen LogP contribution in [0.1, 0.15) is 106 Å². The van der Waals surface area contributed by atoms with Gasteiger partial charge in [0.05, 0.1) is 6.04 Å². The van der Waals surface area contributed by atoms with E-state index in [0.717, 1.165) is 60.1 Å². The van der Waals surface area contributed by atoms with Gasteiger partial charge in [0.1, 0.15) is 11.6 Å². The Kier molecular flexibility index (Phi) is 7.69. The SMILES string of the molecule is Cc1nnc(C(C)C)n1C1C[C@H]2CC[C@@H](C1)N2CC[C@H](NC(=O)C1CCC(F)(F)CC1)c1ccc(F)s1. The van der Waals surface area contributed by atoms with Crippen molar-refractivity contribution < 1.29 is 18.0 Å². The van der Waals surface area contributed by atoms with Crippen LogP contribution in [0.25, 0.3) is 0 Å². The number of halogens is 3. The minimum absolute atomic E-state index is 0.180. The van der Waals surface area contributed by atoms with Crippen molar-refractivity contribution >= 4 is 17.2 Å². The zero-order valence-electron chi connectivity index (χ0n) is 21.9. The molecular formula is C27H38F3N5OS. The quantitative estimate of drug-likeness (QED) is 0.439. The van der Waals surface area contributed by atoms with E-state index < -0.39 is 11.8 Å². The second-order valence-corrected chi connectivity index (χ2v) is 12.6. The summed E-state index contributed by atoms with van der Waals surface area (Å²) in [5.41, 5.74) is 0. The summed E-state index contributed by atoms with van der Waals surface area (Å²) in [5, 5.41) is 11.6. The number of aryl methyl sites for hydroxylation is 1. The Balaban J connectivity index is 1.24. The summed E-state index contributed by atoms with van der Waals surface area (Å²) in [7, 11) is 0. The smallest absolute Gasteiger partial charge is 0.248 e. The van der Waals surface area contributed by atoms with Gasteiger partial charge in [-0.15, -0.1) is 21.5 Å². The Morgan fingerprint density at radius 1 is 1.11 bits per heavy atom. The summed E-state index contributed by atoms with van der Waals surface area (Å²) in [6.45, 7) is 7.16. The molecule has 1 amide bonds. The third kappa shape index (κ3) is 5.75. The fourth-order valence-electron chi connectivity index (χ4n) is 6.72. The maximum absolute atomic E-state index is 13.9. The molecule has 2 aromatic heterocycles. The van der Waals surface area contributed by atoms with E-state index in [9.17, 15) is 18.0 Å². The van der Waals surface area contributed by atoms with E-state index >= 15 is 0 Å². The second kappa shape index (κ2) is 10.7. The van der Waals surface area contributed by atoms with Crippen molar-refractivity contribution in [3.8, 4) is 0 Å². The molecule has 5 rings (SSSR count). The van der Waals surface area contributed by atoms with Gasteiger partial charge in [-0.3, -0.25) is 9.69 Å². The summed E-state index contributed by atoms with van der Waals surface area (Å²) in [5.74, 6) is -0.897. The van der Waals surface area contributed by atoms with Gasteiger partial charge < -0.3 is 9.88 Å². The number of nitrogens with one attached hydrogen (secondary N) is 1. The van der Waals surface area contributed by atoms with Gasteiger partial charge in [-0.2, -0.15) is 4.39 Å². The lowest BCUT2D eigenvalue weighted by Gasteiger charge is -2.40. The highest BCUT2D eigenvalue weighted by Crippen LogP contribution is 2.43. The molecule has 0 radical (unpaired) electrons. The van der Waals surface area contributed by atoms with Crippen LogP contribution in [0.5, 0.6) is 0 Å². The molecule has 4 heterocycles. The molecule has 1 saturated carbocycles. The van der Waals surface area contributed by atoms with Crippen LogP contribution in [0.15, 0.2) is 12.1 Å². The molecule has 37 heavy (non-hydrogen) atoms. The first-order chi connectivity index (χ1) is 17.6. The number of hydrogen-bond donors (Lipinski definition) is 1.